The number of aryl methyl sites for hydroxylation is 1. The molecule has 31 heavy (non-hydrogen) atoms. The molecular weight excluding hydrogens is 408 g/mol. The Kier molecular flexibility index (Phi) is 6.42. The number of piperazine rings is 1. The zero-order valence-electron chi connectivity index (χ0n) is 17.8. The number of imidazole rings is 1. The van der Waals surface area contributed by atoms with Gasteiger partial charge in [0.25, 0.3) is 11.8 Å². The van der Waals surface area contributed by atoms with Crippen molar-refractivity contribution in [2.45, 2.75) is 18.5 Å². The lowest BCUT2D eigenvalue weighted by molar-refractivity contribution is 0.0530. The number of carbonyl (C=O) groups is 2. The van der Waals surface area contributed by atoms with E-state index in [1.54, 1.807) is 6.20 Å². The average molecular weight is 435 g/mol. The molecule has 0 atom stereocenters. The fourth-order valence-electron chi connectivity index (χ4n) is 3.80. The molecule has 0 N–H and O–H groups in total. The van der Waals surface area contributed by atoms with E-state index in [1.807, 2.05) is 75.2 Å². The molecular formula is C24H26N4O2S. The van der Waals surface area contributed by atoms with Crippen molar-refractivity contribution in [1.82, 2.24) is 19.4 Å². The van der Waals surface area contributed by atoms with Crippen molar-refractivity contribution in [2.75, 3.05) is 32.4 Å². The molecule has 7 heteroatoms. The van der Waals surface area contributed by atoms with Crippen molar-refractivity contribution in [3.8, 4) is 5.69 Å². The Bertz CT molecular complexity index is 1050. The Hall–Kier alpha value is -3.06. The van der Waals surface area contributed by atoms with E-state index in [9.17, 15) is 9.59 Å². The largest absolute Gasteiger partial charge is 0.335 e. The summed E-state index contributed by atoms with van der Waals surface area (Å²) in [6.45, 7) is 4.15. The topological polar surface area (TPSA) is 58.4 Å². The van der Waals surface area contributed by atoms with Gasteiger partial charge in [-0.25, -0.2) is 4.98 Å². The fourth-order valence-corrected chi connectivity index (χ4v) is 4.34. The number of rotatable bonds is 5. The van der Waals surface area contributed by atoms with Gasteiger partial charge in [-0.15, -0.1) is 0 Å². The minimum atomic E-state index is -0.0592. The number of para-hydroxylation sites is 1. The second kappa shape index (κ2) is 9.39. The number of hydrogen-bond acceptors (Lipinski definition) is 4. The highest BCUT2D eigenvalue weighted by molar-refractivity contribution is 7.98. The number of aromatic nitrogens is 2. The fraction of sp³-hybridized carbons (Fsp3) is 0.292. The van der Waals surface area contributed by atoms with Crippen LogP contribution in [0.15, 0.2) is 66.0 Å². The smallest absolute Gasteiger partial charge is 0.272 e. The van der Waals surface area contributed by atoms with Gasteiger partial charge >= 0.3 is 0 Å². The highest BCUT2D eigenvalue weighted by Crippen LogP contribution is 2.23. The van der Waals surface area contributed by atoms with Crippen LogP contribution in [0.3, 0.4) is 0 Å². The summed E-state index contributed by atoms with van der Waals surface area (Å²) < 4.78 is 1.90. The average Bonchev–Trinajstić information content (AvgIpc) is 3.28. The van der Waals surface area contributed by atoms with Crippen LogP contribution in [-0.4, -0.2) is 63.6 Å². The summed E-state index contributed by atoms with van der Waals surface area (Å²) in [4.78, 5) is 34.2. The lowest BCUT2D eigenvalue weighted by Gasteiger charge is -2.35. The number of nitrogens with zero attached hydrogens (tertiary/aromatic N) is 4. The van der Waals surface area contributed by atoms with Gasteiger partial charge in [-0.1, -0.05) is 49.0 Å². The predicted octanol–water partition coefficient (Wildman–Crippen LogP) is 3.75. The van der Waals surface area contributed by atoms with Gasteiger partial charge in [0.2, 0.25) is 0 Å². The molecule has 0 radical (unpaired) electrons. The number of benzene rings is 2. The summed E-state index contributed by atoms with van der Waals surface area (Å²) in [6.07, 6.45) is 4.55. The molecule has 1 saturated heterocycles. The first-order valence-corrected chi connectivity index (χ1v) is 11.7. The molecule has 2 aromatic carbocycles. The molecule has 160 valence electrons. The Morgan fingerprint density at radius 3 is 2.10 bits per heavy atom. The Balaban J connectivity index is 1.46. The van der Waals surface area contributed by atoms with Crippen LogP contribution in [0.4, 0.5) is 0 Å². The van der Waals surface area contributed by atoms with Crippen molar-refractivity contribution < 1.29 is 9.59 Å². The van der Waals surface area contributed by atoms with E-state index in [0.29, 0.717) is 37.4 Å². The Morgan fingerprint density at radius 2 is 1.52 bits per heavy atom. The molecule has 1 fully saturated rings. The molecule has 0 bridgehead atoms. The molecule has 0 spiro atoms. The second-order valence-electron chi connectivity index (χ2n) is 7.44. The first-order valence-electron chi connectivity index (χ1n) is 10.5. The van der Waals surface area contributed by atoms with E-state index >= 15 is 0 Å². The van der Waals surface area contributed by atoms with Crippen LogP contribution in [0.2, 0.25) is 0 Å². The minimum Gasteiger partial charge on any atom is -0.335 e. The number of thioether (sulfide) groups is 1. The third-order valence-corrected chi connectivity index (χ3v) is 6.26. The van der Waals surface area contributed by atoms with Crippen LogP contribution in [0.1, 0.15) is 33.3 Å². The van der Waals surface area contributed by atoms with Crippen LogP contribution in [0.25, 0.3) is 5.69 Å². The van der Waals surface area contributed by atoms with E-state index in [2.05, 4.69) is 11.9 Å². The van der Waals surface area contributed by atoms with E-state index in [4.69, 9.17) is 0 Å². The predicted molar refractivity (Wildman–Crippen MR) is 123 cm³/mol. The van der Waals surface area contributed by atoms with Crippen molar-refractivity contribution >= 4 is 23.6 Å². The van der Waals surface area contributed by atoms with Gasteiger partial charge in [0.05, 0.1) is 6.20 Å². The second-order valence-corrected chi connectivity index (χ2v) is 8.21. The van der Waals surface area contributed by atoms with Crippen LogP contribution < -0.4 is 0 Å². The quantitative estimate of drug-likeness (QED) is 0.574. The van der Waals surface area contributed by atoms with Crippen LogP contribution >= 0.6 is 11.8 Å². The standard InChI is InChI=1S/C24H26N4O2S/c1-3-18-9-11-19(12-10-18)22(29)26-13-15-27(16-14-26)23(30)21-17-25-24(31-2)28(21)20-7-5-4-6-8-20/h4-12,17H,3,13-16H2,1-2H3. The summed E-state index contributed by atoms with van der Waals surface area (Å²) in [5.41, 5.74) is 3.37. The molecule has 2 heterocycles. The molecule has 6 nitrogen and oxygen atoms in total. The van der Waals surface area contributed by atoms with Crippen molar-refractivity contribution in [3.63, 3.8) is 0 Å². The summed E-state index contributed by atoms with van der Waals surface area (Å²) >= 11 is 1.51. The normalized spacial score (nSPS) is 14.0. The maximum Gasteiger partial charge on any atom is 0.272 e. The van der Waals surface area contributed by atoms with Gasteiger partial charge in [-0.3, -0.25) is 14.2 Å². The summed E-state index contributed by atoms with van der Waals surface area (Å²) in [6, 6.07) is 17.6. The third kappa shape index (κ3) is 4.37. The van der Waals surface area contributed by atoms with Gasteiger partial charge < -0.3 is 9.80 Å². The van der Waals surface area contributed by atoms with E-state index < -0.39 is 0 Å². The zero-order valence-corrected chi connectivity index (χ0v) is 18.6. The molecule has 4 rings (SSSR count). The Morgan fingerprint density at radius 1 is 0.903 bits per heavy atom. The summed E-state index contributed by atoms with van der Waals surface area (Å²) in [5, 5.41) is 0.777. The minimum absolute atomic E-state index is 0.0220. The molecule has 1 aromatic heterocycles. The maximum atomic E-state index is 13.3. The lowest BCUT2D eigenvalue weighted by Crippen LogP contribution is -2.50. The van der Waals surface area contributed by atoms with Gasteiger partial charge in [0, 0.05) is 37.4 Å². The molecule has 3 aromatic rings. The summed E-state index contributed by atoms with van der Waals surface area (Å²) in [7, 11) is 0. The SMILES string of the molecule is CCc1ccc(C(=O)N2CCN(C(=O)c3cnc(SC)n3-c3ccccc3)CC2)cc1. The molecule has 1 aliphatic heterocycles. The number of carbonyl (C=O) groups excluding carboxylic acids is 2. The molecule has 1 aliphatic rings. The Labute approximate surface area is 186 Å². The molecule has 0 aliphatic carbocycles. The monoisotopic (exact) mass is 434 g/mol. The van der Waals surface area contributed by atoms with Gasteiger partial charge in [0.1, 0.15) is 5.69 Å². The molecule has 0 saturated carbocycles. The van der Waals surface area contributed by atoms with Crippen molar-refractivity contribution in [1.29, 1.82) is 0 Å². The third-order valence-electron chi connectivity index (χ3n) is 5.61. The summed E-state index contributed by atoms with van der Waals surface area (Å²) in [5.74, 6) is -0.0372. The lowest BCUT2D eigenvalue weighted by atomic mass is 10.1. The van der Waals surface area contributed by atoms with Gasteiger partial charge in [0.15, 0.2) is 5.16 Å². The zero-order chi connectivity index (χ0) is 21.8. The van der Waals surface area contributed by atoms with Crippen molar-refractivity contribution in [2.24, 2.45) is 0 Å². The molecule has 0 unspecified atom stereocenters. The van der Waals surface area contributed by atoms with E-state index in [0.717, 1.165) is 17.3 Å². The first kappa shape index (κ1) is 21.2. The number of amides is 2. The number of hydrogen-bond donors (Lipinski definition) is 0. The van der Waals surface area contributed by atoms with E-state index in [1.165, 1.54) is 17.3 Å². The highest BCUT2D eigenvalue weighted by Gasteiger charge is 2.28. The van der Waals surface area contributed by atoms with Crippen LogP contribution in [0, 0.1) is 0 Å². The van der Waals surface area contributed by atoms with Crippen LogP contribution in [0.5, 0.6) is 0 Å². The van der Waals surface area contributed by atoms with Gasteiger partial charge in [-0.2, -0.15) is 0 Å². The van der Waals surface area contributed by atoms with Gasteiger partial charge in [-0.05, 0) is 42.5 Å². The highest BCUT2D eigenvalue weighted by atomic mass is 32.2. The first-order chi connectivity index (χ1) is 15.1. The molecule has 2 amide bonds. The van der Waals surface area contributed by atoms with Crippen LogP contribution in [-0.2, 0) is 6.42 Å². The maximum absolute atomic E-state index is 13.3. The van der Waals surface area contributed by atoms with E-state index in [-0.39, 0.29) is 11.8 Å². The van der Waals surface area contributed by atoms with Crippen molar-refractivity contribution in [3.05, 3.63) is 77.6 Å².